The van der Waals surface area contributed by atoms with Crippen LogP contribution in [-0.4, -0.2) is 4.98 Å². The van der Waals surface area contributed by atoms with Gasteiger partial charge in [-0.25, -0.2) is 0 Å². The van der Waals surface area contributed by atoms with E-state index in [9.17, 15) is 0 Å². The van der Waals surface area contributed by atoms with E-state index >= 15 is 0 Å². The van der Waals surface area contributed by atoms with Gasteiger partial charge in [0.1, 0.15) is 0 Å². The third-order valence-corrected chi connectivity index (χ3v) is 2.69. The van der Waals surface area contributed by atoms with E-state index in [1.54, 1.807) is 12.3 Å². The summed E-state index contributed by atoms with van der Waals surface area (Å²) in [5, 5.41) is 8.84. The molecule has 1 rings (SSSR count). The lowest BCUT2D eigenvalue weighted by molar-refractivity contribution is 0.380. The van der Waals surface area contributed by atoms with Crippen LogP contribution in [0.5, 0.6) is 0 Å². The van der Waals surface area contributed by atoms with E-state index in [1.165, 1.54) is 0 Å². The molecule has 0 saturated carbocycles. The van der Waals surface area contributed by atoms with E-state index in [0.717, 1.165) is 5.69 Å². The summed E-state index contributed by atoms with van der Waals surface area (Å²) in [5.41, 5.74) is 1.74. The highest BCUT2D eigenvalue weighted by molar-refractivity contribution is 5.30. The van der Waals surface area contributed by atoms with Crippen molar-refractivity contribution in [1.82, 2.24) is 4.98 Å². The Bertz CT molecular complexity index is 353. The first-order valence-electron chi connectivity index (χ1n) is 5.42. The Labute approximate surface area is 92.0 Å². The third kappa shape index (κ3) is 2.79. The summed E-state index contributed by atoms with van der Waals surface area (Å²) < 4.78 is 0. The molecule has 0 atom stereocenters. The van der Waals surface area contributed by atoms with Crippen molar-refractivity contribution in [2.75, 3.05) is 0 Å². The molecule has 1 aromatic heterocycles. The van der Waals surface area contributed by atoms with Crippen LogP contribution in [0.1, 0.15) is 44.9 Å². The zero-order chi connectivity index (χ0) is 11.4. The van der Waals surface area contributed by atoms with Crippen molar-refractivity contribution in [3.05, 3.63) is 29.6 Å². The number of nitrogens with zero attached hydrogens (tertiary/aromatic N) is 2. The Morgan fingerprint density at radius 3 is 2.27 bits per heavy atom. The van der Waals surface area contributed by atoms with Crippen LogP contribution in [0.25, 0.3) is 0 Å². The molecule has 0 saturated heterocycles. The monoisotopic (exact) mass is 202 g/mol. The number of hydrogen-bond donors (Lipinski definition) is 0. The normalized spacial score (nSPS) is 11.1. The van der Waals surface area contributed by atoms with Gasteiger partial charge in [0.2, 0.25) is 0 Å². The van der Waals surface area contributed by atoms with Crippen molar-refractivity contribution in [3.8, 4) is 6.07 Å². The van der Waals surface area contributed by atoms with E-state index < -0.39 is 0 Å². The SMILES string of the molecule is CC(C)C(c1cc(C#N)ccn1)C(C)C. The molecule has 2 heteroatoms. The van der Waals surface area contributed by atoms with Crippen molar-refractivity contribution < 1.29 is 0 Å². The maximum Gasteiger partial charge on any atom is 0.0992 e. The lowest BCUT2D eigenvalue weighted by Gasteiger charge is -2.24. The molecule has 0 fully saturated rings. The standard InChI is InChI=1S/C13H18N2/c1-9(2)13(10(3)4)12-7-11(8-14)5-6-15-12/h5-7,9-10,13H,1-4H3. The molecule has 15 heavy (non-hydrogen) atoms. The van der Waals surface area contributed by atoms with Gasteiger partial charge in [0.15, 0.2) is 0 Å². The van der Waals surface area contributed by atoms with E-state index in [2.05, 4.69) is 38.7 Å². The molecule has 0 aliphatic rings. The van der Waals surface area contributed by atoms with Crippen molar-refractivity contribution in [3.63, 3.8) is 0 Å². The first kappa shape index (κ1) is 11.7. The quantitative estimate of drug-likeness (QED) is 0.753. The maximum absolute atomic E-state index is 8.84. The van der Waals surface area contributed by atoms with Gasteiger partial charge in [0.25, 0.3) is 0 Å². The minimum atomic E-state index is 0.429. The Balaban J connectivity index is 3.07. The number of aromatic nitrogens is 1. The molecule has 80 valence electrons. The minimum Gasteiger partial charge on any atom is -0.261 e. The predicted molar refractivity (Wildman–Crippen MR) is 61.4 cm³/mol. The van der Waals surface area contributed by atoms with Crippen LogP contribution in [0.4, 0.5) is 0 Å². The fourth-order valence-electron chi connectivity index (χ4n) is 2.15. The molecule has 1 aromatic rings. The Morgan fingerprint density at radius 1 is 1.20 bits per heavy atom. The van der Waals surface area contributed by atoms with Crippen molar-refractivity contribution in [1.29, 1.82) is 5.26 Å². The van der Waals surface area contributed by atoms with Gasteiger partial charge in [0.05, 0.1) is 11.6 Å². The zero-order valence-corrected chi connectivity index (χ0v) is 9.86. The summed E-state index contributed by atoms with van der Waals surface area (Å²) in [5.74, 6) is 1.52. The second-order valence-corrected chi connectivity index (χ2v) is 4.60. The summed E-state index contributed by atoms with van der Waals surface area (Å²) in [4.78, 5) is 4.38. The predicted octanol–water partition coefficient (Wildman–Crippen LogP) is 3.35. The minimum absolute atomic E-state index is 0.429. The lowest BCUT2D eigenvalue weighted by atomic mass is 9.82. The van der Waals surface area contributed by atoms with Crippen molar-refractivity contribution in [2.45, 2.75) is 33.6 Å². The number of nitriles is 1. The molecule has 0 spiro atoms. The van der Waals surface area contributed by atoms with Crippen LogP contribution < -0.4 is 0 Å². The zero-order valence-electron chi connectivity index (χ0n) is 9.86. The smallest absolute Gasteiger partial charge is 0.0992 e. The van der Waals surface area contributed by atoms with E-state index in [0.29, 0.717) is 23.3 Å². The fraction of sp³-hybridized carbons (Fsp3) is 0.538. The second kappa shape index (κ2) is 4.93. The Morgan fingerprint density at radius 2 is 1.80 bits per heavy atom. The molecule has 2 nitrogen and oxygen atoms in total. The number of hydrogen-bond acceptors (Lipinski definition) is 2. The highest BCUT2D eigenvalue weighted by Crippen LogP contribution is 2.30. The molecule has 0 aromatic carbocycles. The van der Waals surface area contributed by atoms with Gasteiger partial charge in [-0.3, -0.25) is 4.98 Å². The number of pyridine rings is 1. The summed E-state index contributed by atoms with van der Waals surface area (Å²) in [7, 11) is 0. The molecular formula is C13H18N2. The molecule has 0 radical (unpaired) electrons. The first-order valence-corrected chi connectivity index (χ1v) is 5.42. The van der Waals surface area contributed by atoms with Gasteiger partial charge in [-0.2, -0.15) is 5.26 Å². The van der Waals surface area contributed by atoms with Gasteiger partial charge >= 0.3 is 0 Å². The van der Waals surface area contributed by atoms with Gasteiger partial charge in [-0.05, 0) is 24.0 Å². The maximum atomic E-state index is 8.84. The average molecular weight is 202 g/mol. The van der Waals surface area contributed by atoms with Crippen molar-refractivity contribution >= 4 is 0 Å². The van der Waals surface area contributed by atoms with Gasteiger partial charge in [0, 0.05) is 17.8 Å². The van der Waals surface area contributed by atoms with E-state index in [4.69, 9.17) is 5.26 Å². The Hall–Kier alpha value is -1.36. The lowest BCUT2D eigenvalue weighted by Crippen LogP contribution is -2.15. The summed E-state index contributed by atoms with van der Waals surface area (Å²) >= 11 is 0. The van der Waals surface area contributed by atoms with Gasteiger partial charge in [-0.1, -0.05) is 27.7 Å². The topological polar surface area (TPSA) is 36.7 Å². The summed E-state index contributed by atoms with van der Waals surface area (Å²) in [6.45, 7) is 8.80. The number of rotatable bonds is 3. The van der Waals surface area contributed by atoms with E-state index in [-0.39, 0.29) is 0 Å². The van der Waals surface area contributed by atoms with Gasteiger partial charge in [-0.15, -0.1) is 0 Å². The molecule has 0 unspecified atom stereocenters. The molecule has 0 amide bonds. The molecule has 1 heterocycles. The highest BCUT2D eigenvalue weighted by Gasteiger charge is 2.20. The third-order valence-electron chi connectivity index (χ3n) is 2.69. The van der Waals surface area contributed by atoms with E-state index in [1.807, 2.05) is 6.07 Å². The molecule has 0 bridgehead atoms. The van der Waals surface area contributed by atoms with Crippen molar-refractivity contribution in [2.24, 2.45) is 11.8 Å². The molecular weight excluding hydrogens is 184 g/mol. The molecule has 0 N–H and O–H groups in total. The Kier molecular flexibility index (Phi) is 3.85. The van der Waals surface area contributed by atoms with Crippen LogP contribution in [0.2, 0.25) is 0 Å². The fourth-order valence-corrected chi connectivity index (χ4v) is 2.15. The van der Waals surface area contributed by atoms with Crippen LogP contribution in [-0.2, 0) is 0 Å². The molecule has 0 aliphatic carbocycles. The summed E-state index contributed by atoms with van der Waals surface area (Å²) in [6, 6.07) is 5.82. The van der Waals surface area contributed by atoms with Crippen LogP contribution in [0, 0.1) is 23.2 Å². The van der Waals surface area contributed by atoms with Crippen LogP contribution >= 0.6 is 0 Å². The summed E-state index contributed by atoms with van der Waals surface area (Å²) in [6.07, 6.45) is 1.73. The first-order chi connectivity index (χ1) is 7.06. The second-order valence-electron chi connectivity index (χ2n) is 4.60. The highest BCUT2D eigenvalue weighted by atomic mass is 14.7. The largest absolute Gasteiger partial charge is 0.261 e. The average Bonchev–Trinajstić information content (AvgIpc) is 2.17. The van der Waals surface area contributed by atoms with Crippen LogP contribution in [0.15, 0.2) is 18.3 Å². The van der Waals surface area contributed by atoms with Crippen LogP contribution in [0.3, 0.4) is 0 Å². The van der Waals surface area contributed by atoms with Gasteiger partial charge < -0.3 is 0 Å². The molecule has 0 aliphatic heterocycles.